The van der Waals surface area contributed by atoms with Gasteiger partial charge in [0, 0.05) is 94.4 Å². The Balaban J connectivity index is 1.29. The Labute approximate surface area is 383 Å². The van der Waals surface area contributed by atoms with Gasteiger partial charge in [-0.3, -0.25) is 43.5 Å². The number of carboxylic acids is 3. The van der Waals surface area contributed by atoms with E-state index < -0.39 is 133 Å². The second-order valence-corrected chi connectivity index (χ2v) is 17.0. The molecule has 67 heavy (non-hydrogen) atoms. The van der Waals surface area contributed by atoms with Crippen molar-refractivity contribution in [2.24, 2.45) is 10.8 Å². The fourth-order valence-corrected chi connectivity index (χ4v) is 9.05. The van der Waals surface area contributed by atoms with Gasteiger partial charge < -0.3 is 71.1 Å². The second-order valence-electron chi connectivity index (χ2n) is 17.0. The first-order valence-electron chi connectivity index (χ1n) is 21.6. The van der Waals surface area contributed by atoms with E-state index in [0.29, 0.717) is 0 Å². The van der Waals surface area contributed by atoms with Crippen molar-refractivity contribution in [3.05, 3.63) is 51.6 Å². The van der Waals surface area contributed by atoms with Crippen molar-refractivity contribution >= 4 is 41.1 Å². The molecule has 366 valence electrons. The molecule has 2 aromatic carbocycles. The molecule has 1 amide bonds. The minimum atomic E-state index is -2.25. The third-order valence-electron chi connectivity index (χ3n) is 12.5. The number of hydrogen-bond donors (Lipinski definition) is 10. The lowest BCUT2D eigenvalue weighted by Gasteiger charge is -2.43. The number of fused-ring (bicyclic) bond motifs is 3. The summed E-state index contributed by atoms with van der Waals surface area (Å²) in [5.74, 6) is -7.10. The van der Waals surface area contributed by atoms with E-state index in [9.17, 15) is 69.6 Å². The van der Waals surface area contributed by atoms with Gasteiger partial charge in [-0.15, -0.1) is 0 Å². The Morgan fingerprint density at radius 3 is 1.94 bits per heavy atom. The molecule has 0 radical (unpaired) electrons. The number of aliphatic hydroxyl groups excluding tert-OH is 2. The standard InChI is InChI=1S/C43H57N7O17/c1-22-38(59)25(44)14-33(66-22)67-27-16-43(64,15-24-35(27)42(63)37-36(40(24)61)39(60)23-4-3-5-26(65-2)34(23)41(37)62)28(21-51)46-45-17-29(52)50-12-10-48(19-31(55)56)8-6-47(18-30(53)54)7-9-49(11-13-50)20-32(57)58/h3-5,22,25,27,33,38,45,51,59,61,63-64H,6-21,44H2,1-2H3,(H,53,54)(H,55,56)(H,57,58)/b46-28-/t22-,25-,27-,33-,38+,43-/m0/s1. The van der Waals surface area contributed by atoms with Crippen molar-refractivity contribution in [1.82, 2.24) is 25.0 Å². The predicted octanol–water partition coefficient (Wildman–Crippen LogP) is -2.62. The number of aliphatic carboxylic acids is 3. The lowest BCUT2D eigenvalue weighted by molar-refractivity contribution is -0.245. The number of ether oxygens (including phenoxy) is 3. The highest BCUT2D eigenvalue weighted by molar-refractivity contribution is 6.31. The number of ketones is 2. The minimum Gasteiger partial charge on any atom is -0.507 e. The first kappa shape index (κ1) is 50.6. The van der Waals surface area contributed by atoms with E-state index in [1.165, 1.54) is 40.0 Å². The van der Waals surface area contributed by atoms with Crippen molar-refractivity contribution in [2.45, 2.75) is 62.4 Å². The van der Waals surface area contributed by atoms with Crippen molar-refractivity contribution in [3.63, 3.8) is 0 Å². The van der Waals surface area contributed by atoms with Crippen LogP contribution in [0.5, 0.6) is 17.2 Å². The fourth-order valence-electron chi connectivity index (χ4n) is 9.05. The van der Waals surface area contributed by atoms with Crippen LogP contribution in [0.1, 0.15) is 68.8 Å². The third-order valence-corrected chi connectivity index (χ3v) is 12.5. The van der Waals surface area contributed by atoms with Crippen LogP contribution in [0.3, 0.4) is 0 Å². The number of phenolic OH excluding ortho intramolecular Hbond substituents is 2. The van der Waals surface area contributed by atoms with Crippen molar-refractivity contribution < 1.29 is 83.8 Å². The highest BCUT2D eigenvalue weighted by atomic mass is 16.7. The first-order valence-corrected chi connectivity index (χ1v) is 21.6. The summed E-state index contributed by atoms with van der Waals surface area (Å²) in [6.07, 6.45) is -5.70. The molecule has 11 N–H and O–H groups in total. The van der Waals surface area contributed by atoms with Crippen LogP contribution in [-0.4, -0.2) is 224 Å². The summed E-state index contributed by atoms with van der Waals surface area (Å²) in [5.41, 5.74) is 4.39. The second kappa shape index (κ2) is 21.4. The summed E-state index contributed by atoms with van der Waals surface area (Å²) in [5, 5.41) is 90.3. The molecule has 2 aromatic rings. The molecule has 24 nitrogen and oxygen atoms in total. The molecule has 6 rings (SSSR count). The van der Waals surface area contributed by atoms with E-state index in [4.69, 9.17) is 19.9 Å². The number of nitrogens with zero attached hydrogens (tertiary/aromatic N) is 5. The number of carbonyl (C=O) groups is 6. The average molecular weight is 944 g/mol. The van der Waals surface area contributed by atoms with Crippen LogP contribution >= 0.6 is 0 Å². The zero-order chi connectivity index (χ0) is 48.9. The number of aliphatic hydroxyl groups is 3. The number of benzene rings is 2. The van der Waals surface area contributed by atoms with Crippen molar-refractivity contribution in [1.29, 1.82) is 0 Å². The van der Waals surface area contributed by atoms with Gasteiger partial charge >= 0.3 is 17.9 Å². The molecule has 0 aromatic heterocycles. The smallest absolute Gasteiger partial charge is 0.317 e. The Morgan fingerprint density at radius 2 is 1.42 bits per heavy atom. The summed E-state index contributed by atoms with van der Waals surface area (Å²) >= 11 is 0. The lowest BCUT2D eigenvalue weighted by atomic mass is 9.71. The molecule has 2 fully saturated rings. The molecule has 6 atom stereocenters. The molecule has 2 aliphatic carbocycles. The summed E-state index contributed by atoms with van der Waals surface area (Å²) in [7, 11) is 1.30. The van der Waals surface area contributed by atoms with Crippen LogP contribution < -0.4 is 15.9 Å². The number of nitrogens with two attached hydrogens (primary N) is 1. The number of amides is 1. The minimum absolute atomic E-state index is 0.0297. The number of carboxylic acid groups (broad SMARTS) is 3. The zero-order valence-corrected chi connectivity index (χ0v) is 37.0. The van der Waals surface area contributed by atoms with E-state index in [0.717, 1.165) is 0 Å². The Morgan fingerprint density at radius 1 is 0.866 bits per heavy atom. The lowest BCUT2D eigenvalue weighted by Crippen LogP contribution is -2.53. The van der Waals surface area contributed by atoms with Gasteiger partial charge in [0.25, 0.3) is 0 Å². The molecule has 2 saturated heterocycles. The summed E-state index contributed by atoms with van der Waals surface area (Å²) < 4.78 is 17.5. The molecule has 24 heteroatoms. The monoisotopic (exact) mass is 943 g/mol. The van der Waals surface area contributed by atoms with Gasteiger partial charge in [-0.2, -0.15) is 5.10 Å². The van der Waals surface area contributed by atoms with Gasteiger partial charge in [-0.1, -0.05) is 12.1 Å². The van der Waals surface area contributed by atoms with E-state index >= 15 is 0 Å². The van der Waals surface area contributed by atoms with Crippen LogP contribution in [0.25, 0.3) is 0 Å². The number of hydrazone groups is 1. The zero-order valence-electron chi connectivity index (χ0n) is 37.0. The van der Waals surface area contributed by atoms with Crippen LogP contribution in [-0.2, 0) is 35.1 Å². The molecular formula is C43H57N7O17. The molecule has 0 bridgehead atoms. The number of aromatic hydroxyl groups is 2. The highest BCUT2D eigenvalue weighted by Crippen LogP contribution is 2.52. The van der Waals surface area contributed by atoms with Crippen LogP contribution in [0, 0.1) is 0 Å². The van der Waals surface area contributed by atoms with Crippen molar-refractivity contribution in [2.75, 3.05) is 92.3 Å². The van der Waals surface area contributed by atoms with Crippen molar-refractivity contribution in [3.8, 4) is 17.2 Å². The number of nitrogens with one attached hydrogen (secondary N) is 1. The topological polar surface area (TPSA) is 355 Å². The van der Waals surface area contributed by atoms with Gasteiger partial charge in [0.1, 0.15) is 29.4 Å². The number of rotatable bonds is 14. The molecule has 0 unspecified atom stereocenters. The summed E-state index contributed by atoms with van der Waals surface area (Å²) in [4.78, 5) is 83.0. The van der Waals surface area contributed by atoms with E-state index in [2.05, 4.69) is 10.5 Å². The maximum absolute atomic E-state index is 14.1. The van der Waals surface area contributed by atoms with Gasteiger partial charge in [0.2, 0.25) is 11.7 Å². The summed E-state index contributed by atoms with van der Waals surface area (Å²) in [6.45, 7) is -0.531. The summed E-state index contributed by atoms with van der Waals surface area (Å²) in [6, 6.07) is 3.46. The Kier molecular flexibility index (Phi) is 16.2. The van der Waals surface area contributed by atoms with Gasteiger partial charge in [0.15, 0.2) is 12.1 Å². The van der Waals surface area contributed by atoms with Gasteiger partial charge in [-0.05, 0) is 13.0 Å². The first-order chi connectivity index (χ1) is 31.8. The van der Waals surface area contributed by atoms with Crippen LogP contribution in [0.2, 0.25) is 0 Å². The van der Waals surface area contributed by atoms with E-state index in [-0.39, 0.29) is 99.0 Å². The Bertz CT molecular complexity index is 2230. The largest absolute Gasteiger partial charge is 0.507 e. The fraction of sp³-hybridized carbons (Fsp3) is 0.558. The van der Waals surface area contributed by atoms with E-state index in [1.807, 2.05) is 0 Å². The van der Waals surface area contributed by atoms with Crippen LogP contribution in [0.4, 0.5) is 0 Å². The normalized spacial score (nSPS) is 25.8. The predicted molar refractivity (Wildman–Crippen MR) is 231 cm³/mol. The number of hydrogen-bond acceptors (Lipinski definition) is 20. The van der Waals surface area contributed by atoms with E-state index in [1.54, 1.807) is 11.8 Å². The SMILES string of the molecule is COc1cccc2c1C(=O)c1c(O)c3c(c(O)c1C2=O)C[C@@](O)(/C(CO)=N\NCC(=O)N1CCN(CC(=O)O)CCN(CC(=O)O)CCN(CC(=O)O)CC1)C[C@@H]3O[C@H]1C[C@H](N)[C@H](O)[C@H](C)O1. The number of methoxy groups -OCH3 is 1. The van der Waals surface area contributed by atoms with Crippen LogP contribution in [0.15, 0.2) is 23.3 Å². The molecular weight excluding hydrogens is 887 g/mol. The molecule has 0 spiro atoms. The van der Waals surface area contributed by atoms with Gasteiger partial charge in [-0.25, -0.2) is 0 Å². The molecule has 0 saturated carbocycles. The molecule has 4 aliphatic rings. The van der Waals surface area contributed by atoms with Gasteiger partial charge in [0.05, 0.1) is 74.1 Å². The average Bonchev–Trinajstić information content (AvgIpc) is 3.26. The maximum Gasteiger partial charge on any atom is 0.317 e. The highest BCUT2D eigenvalue weighted by Gasteiger charge is 2.49. The molecule has 2 heterocycles. The number of carbonyl (C=O) groups excluding carboxylic acids is 3. The number of phenols is 2. The maximum atomic E-state index is 14.1. The Hall–Kier alpha value is -5.83. The quantitative estimate of drug-likeness (QED) is 0.0449. The third kappa shape index (κ3) is 11.3. The molecule has 2 aliphatic heterocycles.